The van der Waals surface area contributed by atoms with Crippen molar-refractivity contribution in [2.75, 3.05) is 6.61 Å². The summed E-state index contributed by atoms with van der Waals surface area (Å²) >= 11 is 5.89. The summed E-state index contributed by atoms with van der Waals surface area (Å²) in [5.41, 5.74) is 3.90. The zero-order chi connectivity index (χ0) is 29.7. The topological polar surface area (TPSA) is 124 Å². The SMILES string of the molecule is CCOC(=O)c1ncc(C(C)(C)C)nc1Cl.Cc1cc(C)c(Oc2nc(C(C)(C)C)cnc2C(=O)O)c(C)c1. The van der Waals surface area contributed by atoms with E-state index in [1.54, 1.807) is 13.1 Å². The van der Waals surface area contributed by atoms with Gasteiger partial charge < -0.3 is 14.6 Å². The quantitative estimate of drug-likeness (QED) is 0.338. The molecular formula is C29H37ClN4O5. The van der Waals surface area contributed by atoms with Gasteiger partial charge in [0, 0.05) is 10.8 Å². The van der Waals surface area contributed by atoms with Crippen LogP contribution in [0, 0.1) is 20.8 Å². The van der Waals surface area contributed by atoms with Crippen molar-refractivity contribution in [2.24, 2.45) is 0 Å². The minimum Gasteiger partial charge on any atom is -0.476 e. The molecule has 39 heavy (non-hydrogen) atoms. The molecule has 1 N–H and O–H groups in total. The van der Waals surface area contributed by atoms with Gasteiger partial charge in [0.1, 0.15) is 5.75 Å². The van der Waals surface area contributed by atoms with Crippen molar-refractivity contribution < 1.29 is 24.2 Å². The Balaban J connectivity index is 0.000000293. The first-order chi connectivity index (χ1) is 17.9. The lowest BCUT2D eigenvalue weighted by Gasteiger charge is -2.19. The first kappa shape index (κ1) is 31.6. The molecule has 3 aromatic rings. The summed E-state index contributed by atoms with van der Waals surface area (Å²) in [6, 6.07) is 3.98. The minimum atomic E-state index is -1.16. The van der Waals surface area contributed by atoms with E-state index < -0.39 is 11.9 Å². The second kappa shape index (κ2) is 12.5. The van der Waals surface area contributed by atoms with Crippen LogP contribution in [-0.2, 0) is 15.6 Å². The zero-order valence-corrected chi connectivity index (χ0v) is 25.0. The van der Waals surface area contributed by atoms with Gasteiger partial charge in [-0.25, -0.2) is 29.5 Å². The number of carbonyl (C=O) groups is 2. The van der Waals surface area contributed by atoms with Crippen LogP contribution in [0.5, 0.6) is 11.6 Å². The summed E-state index contributed by atoms with van der Waals surface area (Å²) < 4.78 is 10.7. The van der Waals surface area contributed by atoms with Gasteiger partial charge >= 0.3 is 11.9 Å². The highest BCUT2D eigenvalue weighted by Crippen LogP contribution is 2.32. The Hall–Kier alpha value is -3.59. The third-order valence-electron chi connectivity index (χ3n) is 5.48. The van der Waals surface area contributed by atoms with Crippen molar-refractivity contribution in [1.29, 1.82) is 0 Å². The van der Waals surface area contributed by atoms with Gasteiger partial charge in [-0.15, -0.1) is 0 Å². The summed E-state index contributed by atoms with van der Waals surface area (Å²) in [7, 11) is 0. The maximum absolute atomic E-state index is 11.4. The van der Waals surface area contributed by atoms with Gasteiger partial charge in [0.25, 0.3) is 5.88 Å². The van der Waals surface area contributed by atoms with Gasteiger partial charge in [-0.2, -0.15) is 0 Å². The summed E-state index contributed by atoms with van der Waals surface area (Å²) in [6.07, 6.45) is 3.04. The molecule has 0 unspecified atom stereocenters. The number of carboxylic acids is 1. The van der Waals surface area contributed by atoms with Gasteiger partial charge in [0.15, 0.2) is 10.8 Å². The zero-order valence-electron chi connectivity index (χ0n) is 24.3. The van der Waals surface area contributed by atoms with Gasteiger partial charge in [0.2, 0.25) is 5.69 Å². The summed E-state index contributed by atoms with van der Waals surface area (Å²) in [6.45, 7) is 19.8. The fourth-order valence-corrected chi connectivity index (χ4v) is 3.66. The molecule has 0 amide bonds. The van der Waals surface area contributed by atoms with Crippen LogP contribution in [0.3, 0.4) is 0 Å². The largest absolute Gasteiger partial charge is 0.476 e. The monoisotopic (exact) mass is 556 g/mol. The minimum absolute atomic E-state index is 0.0278. The molecule has 9 nitrogen and oxygen atoms in total. The highest BCUT2D eigenvalue weighted by Gasteiger charge is 2.24. The molecule has 210 valence electrons. The molecule has 0 spiro atoms. The lowest BCUT2D eigenvalue weighted by atomic mass is 9.93. The van der Waals surface area contributed by atoms with Crippen molar-refractivity contribution in [1.82, 2.24) is 19.9 Å². The normalized spacial score (nSPS) is 11.4. The smallest absolute Gasteiger partial charge is 0.360 e. The van der Waals surface area contributed by atoms with Gasteiger partial charge in [-0.1, -0.05) is 70.8 Å². The standard InChI is InChI=1S/C18H22N2O3.C11H15ClN2O2/c1-10-7-11(2)15(12(3)8-10)23-16-14(17(21)22)19-9-13(20-16)18(4,5)6;1-5-16-10(15)8-9(12)14-7(6-13-8)11(2,3)4/h7-9H,1-6H3,(H,21,22);6H,5H2,1-4H3. The molecule has 0 radical (unpaired) electrons. The molecule has 0 atom stereocenters. The number of rotatable bonds is 5. The number of halogens is 1. The predicted octanol–water partition coefficient (Wildman–Crippen LogP) is 6.79. The number of aryl methyl sites for hydroxylation is 3. The van der Waals surface area contributed by atoms with Crippen LogP contribution in [0.15, 0.2) is 24.5 Å². The lowest BCUT2D eigenvalue weighted by Crippen LogP contribution is -2.17. The van der Waals surface area contributed by atoms with Crippen LogP contribution in [0.25, 0.3) is 0 Å². The molecule has 0 aliphatic heterocycles. The Morgan fingerprint density at radius 3 is 1.79 bits per heavy atom. The molecule has 1 aromatic carbocycles. The summed E-state index contributed by atoms with van der Waals surface area (Å²) in [5.74, 6) is -1.05. The van der Waals surface area contributed by atoms with Crippen molar-refractivity contribution in [2.45, 2.75) is 80.1 Å². The summed E-state index contributed by atoms with van der Waals surface area (Å²) in [5, 5.41) is 9.43. The van der Waals surface area contributed by atoms with E-state index in [1.807, 2.05) is 74.4 Å². The highest BCUT2D eigenvalue weighted by molar-refractivity contribution is 6.32. The molecule has 3 rings (SSSR count). The third-order valence-corrected chi connectivity index (χ3v) is 5.75. The molecule has 0 fully saturated rings. The fraction of sp³-hybridized carbons (Fsp3) is 0.448. The Kier molecular flexibility index (Phi) is 10.1. The Morgan fingerprint density at radius 1 is 0.872 bits per heavy atom. The number of carbonyl (C=O) groups excluding carboxylic acids is 1. The number of nitrogens with zero attached hydrogens (tertiary/aromatic N) is 4. The van der Waals surface area contributed by atoms with Gasteiger partial charge in [-0.05, 0) is 38.8 Å². The predicted molar refractivity (Wildman–Crippen MR) is 150 cm³/mol. The highest BCUT2D eigenvalue weighted by atomic mass is 35.5. The van der Waals surface area contributed by atoms with E-state index >= 15 is 0 Å². The average molecular weight is 557 g/mol. The number of hydrogen-bond acceptors (Lipinski definition) is 8. The second-order valence-corrected chi connectivity index (χ2v) is 11.5. The lowest BCUT2D eigenvalue weighted by molar-refractivity contribution is 0.0518. The van der Waals surface area contributed by atoms with Gasteiger partial charge in [0.05, 0.1) is 30.4 Å². The maximum Gasteiger partial charge on any atom is 0.360 e. The molecule has 0 bridgehead atoms. The van der Waals surface area contributed by atoms with Gasteiger partial charge in [-0.3, -0.25) is 0 Å². The molecule has 0 aliphatic carbocycles. The number of hydrogen-bond donors (Lipinski definition) is 1. The first-order valence-corrected chi connectivity index (χ1v) is 12.9. The van der Waals surface area contributed by atoms with E-state index in [0.717, 1.165) is 22.4 Å². The maximum atomic E-state index is 11.4. The van der Waals surface area contributed by atoms with Crippen molar-refractivity contribution in [3.05, 3.63) is 69.1 Å². The summed E-state index contributed by atoms with van der Waals surface area (Å²) in [4.78, 5) is 39.4. The molecule has 0 saturated carbocycles. The van der Waals surface area contributed by atoms with Crippen molar-refractivity contribution in [3.8, 4) is 11.6 Å². The van der Waals surface area contributed by atoms with Crippen LogP contribution >= 0.6 is 11.6 Å². The molecule has 0 aliphatic rings. The van der Waals surface area contributed by atoms with E-state index in [2.05, 4.69) is 19.9 Å². The number of ether oxygens (including phenoxy) is 2. The second-order valence-electron chi connectivity index (χ2n) is 11.2. The van der Waals surface area contributed by atoms with Crippen LogP contribution < -0.4 is 4.74 Å². The molecular weight excluding hydrogens is 520 g/mol. The number of aromatic carboxylic acids is 1. The van der Waals surface area contributed by atoms with Crippen molar-refractivity contribution >= 4 is 23.5 Å². The number of aromatic nitrogens is 4. The van der Waals surface area contributed by atoms with Crippen molar-refractivity contribution in [3.63, 3.8) is 0 Å². The first-order valence-electron chi connectivity index (χ1n) is 12.5. The van der Waals surface area contributed by atoms with E-state index in [-0.39, 0.29) is 39.9 Å². The van der Waals surface area contributed by atoms with E-state index in [9.17, 15) is 14.7 Å². The van der Waals surface area contributed by atoms with E-state index in [0.29, 0.717) is 11.4 Å². The van der Waals surface area contributed by atoms with Crippen LogP contribution in [0.4, 0.5) is 0 Å². The molecule has 0 saturated heterocycles. The van der Waals surface area contributed by atoms with Crippen LogP contribution in [0.2, 0.25) is 5.15 Å². The number of carboxylic acid groups (broad SMARTS) is 1. The molecule has 10 heteroatoms. The van der Waals surface area contributed by atoms with Crippen LogP contribution in [0.1, 0.15) is 97.5 Å². The fourth-order valence-electron chi connectivity index (χ4n) is 3.44. The molecule has 2 aromatic heterocycles. The van der Waals surface area contributed by atoms with E-state index in [4.69, 9.17) is 21.1 Å². The van der Waals surface area contributed by atoms with Crippen LogP contribution in [-0.4, -0.2) is 43.6 Å². The average Bonchev–Trinajstić information content (AvgIpc) is 2.80. The third kappa shape index (κ3) is 8.45. The number of esters is 1. The number of benzene rings is 1. The van der Waals surface area contributed by atoms with E-state index in [1.165, 1.54) is 6.20 Å². The molecule has 2 heterocycles. The Morgan fingerprint density at radius 2 is 1.36 bits per heavy atom. The Bertz CT molecular complexity index is 1340. The Labute approximate surface area is 235 Å².